The van der Waals surface area contributed by atoms with Gasteiger partial charge in [-0.2, -0.15) is 0 Å². The Balaban J connectivity index is 5.06. The van der Waals surface area contributed by atoms with E-state index < -0.39 is 20.0 Å². The summed E-state index contributed by atoms with van der Waals surface area (Å²) in [6.45, 7) is 6.83. The molecule has 3 atom stereocenters. The molecule has 1 amide bonds. The molecule has 0 aliphatic rings. The first kappa shape index (κ1) is 79.7. The lowest BCUT2D eigenvalue weighted by Crippen LogP contribution is -2.47. The van der Waals surface area contributed by atoms with Crippen LogP contribution in [0.25, 0.3) is 0 Å². The number of phosphoric acid groups is 1. The summed E-state index contributed by atoms with van der Waals surface area (Å²) in [7, 11) is 1.19. The Kier molecular flexibility index (Phi) is 60.1. The average Bonchev–Trinajstić information content (AvgIpc) is 3.44. The van der Waals surface area contributed by atoms with E-state index in [1.54, 1.807) is 0 Å². The number of esters is 1. The maximum Gasteiger partial charge on any atom is 0.306 e. The molecule has 10 heteroatoms. The highest BCUT2D eigenvalue weighted by atomic mass is 31.2. The number of rotatable bonds is 64. The average molecular weight is 1170 g/mol. The van der Waals surface area contributed by atoms with Crippen molar-refractivity contribution in [3.8, 4) is 0 Å². The smallest absolute Gasteiger partial charge is 0.306 e. The third kappa shape index (κ3) is 62.2. The molecule has 0 heterocycles. The minimum Gasteiger partial charge on any atom is -0.756 e. The van der Waals surface area contributed by atoms with Crippen LogP contribution in [-0.4, -0.2) is 69.4 Å². The van der Waals surface area contributed by atoms with Crippen molar-refractivity contribution in [1.82, 2.24) is 5.32 Å². The zero-order chi connectivity index (χ0) is 60.0. The first-order valence-corrected chi connectivity index (χ1v) is 36.6. The lowest BCUT2D eigenvalue weighted by molar-refractivity contribution is -0.870. The number of nitrogens with zero attached hydrogens (tertiary/aromatic N) is 1. The minimum absolute atomic E-state index is 0.0230. The molecule has 82 heavy (non-hydrogen) atoms. The molecular weight excluding hydrogens is 1040 g/mol. The van der Waals surface area contributed by atoms with Crippen molar-refractivity contribution in [2.45, 2.75) is 348 Å². The Hall–Kier alpha value is -2.29. The van der Waals surface area contributed by atoms with Crippen molar-refractivity contribution in [2.24, 2.45) is 0 Å². The molecule has 9 nitrogen and oxygen atoms in total. The van der Waals surface area contributed by atoms with Crippen LogP contribution in [0.2, 0.25) is 0 Å². The summed E-state index contributed by atoms with van der Waals surface area (Å²) < 4.78 is 30.4. The summed E-state index contributed by atoms with van der Waals surface area (Å²) >= 11 is 0. The quantitative estimate of drug-likeness (QED) is 0.0212. The van der Waals surface area contributed by atoms with Crippen molar-refractivity contribution >= 4 is 19.7 Å². The van der Waals surface area contributed by atoms with Gasteiger partial charge in [0.1, 0.15) is 19.3 Å². The van der Waals surface area contributed by atoms with Gasteiger partial charge < -0.3 is 28.5 Å². The van der Waals surface area contributed by atoms with Gasteiger partial charge in [-0.3, -0.25) is 14.2 Å². The number of phosphoric ester groups is 1. The molecule has 0 aromatic rings. The fraction of sp³-hybridized carbons (Fsp3) is 0.833. The molecule has 0 aromatic heterocycles. The van der Waals surface area contributed by atoms with Gasteiger partial charge in [0.15, 0.2) is 0 Å². The van der Waals surface area contributed by atoms with Crippen LogP contribution < -0.4 is 10.2 Å². The van der Waals surface area contributed by atoms with E-state index in [2.05, 4.69) is 74.7 Å². The van der Waals surface area contributed by atoms with E-state index >= 15 is 0 Å². The minimum atomic E-state index is -4.70. The number of carbonyl (C=O) groups excluding carboxylic acids is 2. The molecule has 0 saturated carbocycles. The van der Waals surface area contributed by atoms with Gasteiger partial charge in [-0.05, 0) is 96.0 Å². The molecule has 0 spiro atoms. The third-order valence-electron chi connectivity index (χ3n) is 15.7. The number of nitrogens with one attached hydrogen (secondary N) is 1. The second-order valence-corrected chi connectivity index (χ2v) is 26.4. The van der Waals surface area contributed by atoms with Crippen molar-refractivity contribution in [3.05, 3.63) is 60.8 Å². The first-order chi connectivity index (χ1) is 39.9. The molecular formula is C72H135N2O7P. The number of amides is 1. The number of carbonyl (C=O) groups is 2. The fourth-order valence-corrected chi connectivity index (χ4v) is 11.0. The lowest BCUT2D eigenvalue weighted by atomic mass is 10.0. The molecule has 3 unspecified atom stereocenters. The van der Waals surface area contributed by atoms with Crippen LogP contribution in [0.1, 0.15) is 335 Å². The van der Waals surface area contributed by atoms with E-state index in [4.69, 9.17) is 13.8 Å². The Morgan fingerprint density at radius 1 is 0.427 bits per heavy atom. The molecule has 0 radical (unpaired) electrons. The number of hydrogen-bond acceptors (Lipinski definition) is 7. The first-order valence-electron chi connectivity index (χ1n) is 35.1. The molecule has 0 fully saturated rings. The van der Waals surface area contributed by atoms with Gasteiger partial charge in [0.05, 0.1) is 33.8 Å². The topological polar surface area (TPSA) is 114 Å². The molecule has 480 valence electrons. The van der Waals surface area contributed by atoms with Crippen LogP contribution >= 0.6 is 7.82 Å². The highest BCUT2D eigenvalue weighted by Gasteiger charge is 2.27. The summed E-state index contributed by atoms with van der Waals surface area (Å²) in [4.78, 5) is 40.2. The molecule has 0 saturated heterocycles. The van der Waals surface area contributed by atoms with Crippen molar-refractivity contribution in [1.29, 1.82) is 0 Å². The van der Waals surface area contributed by atoms with Gasteiger partial charge in [-0.15, -0.1) is 0 Å². The van der Waals surface area contributed by atoms with Crippen LogP contribution in [0.4, 0.5) is 0 Å². The lowest BCUT2D eigenvalue weighted by Gasteiger charge is -2.30. The monoisotopic (exact) mass is 1170 g/mol. The summed E-state index contributed by atoms with van der Waals surface area (Å²) in [6.07, 6.45) is 79.1. The normalized spacial score (nSPS) is 13.9. The van der Waals surface area contributed by atoms with Crippen LogP contribution in [-0.2, 0) is 27.9 Å². The molecule has 0 aliphatic heterocycles. The van der Waals surface area contributed by atoms with Gasteiger partial charge in [0.2, 0.25) is 5.91 Å². The number of quaternary nitrogens is 1. The SMILES string of the molecule is CCCCC/C=C\C/C=C\CCCCCCCCCCCCCCCCCC(=O)OC(/C=C\CCCCCCCCCCCC)C(COP(=O)([O-])OCC[N+](C)(C)C)NC(=O)CCCCCCCCCCC/C=C\C/C=C\CCCCC. The summed E-state index contributed by atoms with van der Waals surface area (Å²) in [5.41, 5.74) is 0. The molecule has 1 N–H and O–H groups in total. The third-order valence-corrected chi connectivity index (χ3v) is 16.6. The number of allylic oxidation sites excluding steroid dienone is 9. The van der Waals surface area contributed by atoms with Crippen LogP contribution in [0, 0.1) is 0 Å². The number of unbranched alkanes of at least 4 members (excludes halogenated alkanes) is 40. The number of ether oxygens (including phenoxy) is 1. The van der Waals surface area contributed by atoms with E-state index in [1.807, 2.05) is 33.3 Å². The largest absolute Gasteiger partial charge is 0.756 e. The molecule has 0 bridgehead atoms. The Labute approximate surface area is 509 Å². The van der Waals surface area contributed by atoms with E-state index in [-0.39, 0.29) is 31.5 Å². The van der Waals surface area contributed by atoms with E-state index in [1.165, 1.54) is 218 Å². The van der Waals surface area contributed by atoms with Crippen LogP contribution in [0.15, 0.2) is 60.8 Å². The highest BCUT2D eigenvalue weighted by molar-refractivity contribution is 7.45. The van der Waals surface area contributed by atoms with Crippen LogP contribution in [0.5, 0.6) is 0 Å². The Morgan fingerprint density at radius 2 is 0.744 bits per heavy atom. The zero-order valence-corrected chi connectivity index (χ0v) is 55.8. The van der Waals surface area contributed by atoms with Crippen molar-refractivity contribution in [3.63, 3.8) is 0 Å². The summed E-state index contributed by atoms with van der Waals surface area (Å²) in [6, 6.07) is -0.891. The number of hydrogen-bond donors (Lipinski definition) is 1. The molecule has 0 aliphatic carbocycles. The summed E-state index contributed by atoms with van der Waals surface area (Å²) in [5, 5.41) is 3.04. The molecule has 0 rings (SSSR count). The van der Waals surface area contributed by atoms with Gasteiger partial charge in [-0.25, -0.2) is 0 Å². The Morgan fingerprint density at radius 3 is 1.12 bits per heavy atom. The number of likely N-dealkylation sites (N-methyl/N-ethyl adjacent to an activating group) is 1. The zero-order valence-electron chi connectivity index (χ0n) is 54.9. The maximum atomic E-state index is 13.6. The van der Waals surface area contributed by atoms with Gasteiger partial charge in [0, 0.05) is 12.8 Å². The standard InChI is InChI=1S/C72H135N2O7P/c1-7-10-13-16-19-22-25-28-30-32-34-35-36-37-38-39-41-43-45-47-50-53-56-59-62-65-72(76)81-70(63-60-57-54-51-48-27-24-21-18-15-12-9-3)69(68-80-82(77,78)79-67-66-74(4,5)6)73-71(75)64-61-58-55-52-49-46-44-42-40-33-31-29-26-23-20-17-14-11-8-2/h19-20,22-23,28-31,60,63,69-70H,7-18,21,24-27,32-59,61-62,64-68H2,1-6H3,(H-,73,75,77,78)/b22-19-,23-20-,30-28-,31-29-,63-60-. The Bertz CT molecular complexity index is 1590. The van der Waals surface area contributed by atoms with Crippen LogP contribution in [0.3, 0.4) is 0 Å². The van der Waals surface area contributed by atoms with Gasteiger partial charge in [0.25, 0.3) is 7.82 Å². The van der Waals surface area contributed by atoms with E-state index in [0.29, 0.717) is 17.4 Å². The van der Waals surface area contributed by atoms with Crippen molar-refractivity contribution in [2.75, 3.05) is 40.9 Å². The van der Waals surface area contributed by atoms with E-state index in [9.17, 15) is 19.0 Å². The van der Waals surface area contributed by atoms with Crippen molar-refractivity contribution < 1.29 is 37.3 Å². The van der Waals surface area contributed by atoms with Gasteiger partial charge >= 0.3 is 5.97 Å². The predicted octanol–water partition coefficient (Wildman–Crippen LogP) is 21.5. The summed E-state index contributed by atoms with van der Waals surface area (Å²) in [5.74, 6) is -0.534. The maximum absolute atomic E-state index is 13.6. The van der Waals surface area contributed by atoms with E-state index in [0.717, 1.165) is 83.5 Å². The molecule has 0 aromatic carbocycles. The second-order valence-electron chi connectivity index (χ2n) is 25.0. The fourth-order valence-electron chi connectivity index (χ4n) is 10.2. The highest BCUT2D eigenvalue weighted by Crippen LogP contribution is 2.38. The second kappa shape index (κ2) is 61.8. The van der Waals surface area contributed by atoms with Gasteiger partial charge in [-0.1, -0.05) is 287 Å². The predicted molar refractivity (Wildman–Crippen MR) is 353 cm³/mol.